The second-order valence-electron chi connectivity index (χ2n) is 3.38. The summed E-state index contributed by atoms with van der Waals surface area (Å²) in [6.07, 6.45) is -1.21. The maximum absolute atomic E-state index is 13.4. The summed E-state index contributed by atoms with van der Waals surface area (Å²) in [5.41, 5.74) is 0.252. The molecule has 1 aliphatic carbocycles. The molecule has 6 heteroatoms. The lowest BCUT2D eigenvalue weighted by molar-refractivity contribution is -0.140. The predicted molar refractivity (Wildman–Crippen MR) is 57.9 cm³/mol. The highest BCUT2D eigenvalue weighted by Gasteiger charge is 2.35. The monoisotopic (exact) mass is 294 g/mol. The van der Waals surface area contributed by atoms with Gasteiger partial charge >= 0.3 is 11.9 Å². The number of carbonyl (C=O) groups is 2. The van der Waals surface area contributed by atoms with E-state index < -0.39 is 22.9 Å². The van der Waals surface area contributed by atoms with Gasteiger partial charge in [-0.3, -0.25) is 0 Å². The molecule has 0 aromatic rings. The van der Waals surface area contributed by atoms with E-state index in [1.54, 1.807) is 0 Å². The normalized spacial score (nSPS) is 25.2. The highest BCUT2D eigenvalue weighted by molar-refractivity contribution is 9.09. The Kier molecular flexibility index (Phi) is 4.46. The number of alkyl halides is 2. The molecule has 2 unspecified atom stereocenters. The van der Waals surface area contributed by atoms with Crippen molar-refractivity contribution < 1.29 is 23.5 Å². The van der Waals surface area contributed by atoms with Crippen molar-refractivity contribution in [2.75, 3.05) is 14.2 Å². The van der Waals surface area contributed by atoms with E-state index >= 15 is 0 Å². The van der Waals surface area contributed by atoms with Gasteiger partial charge in [-0.2, -0.15) is 0 Å². The van der Waals surface area contributed by atoms with E-state index in [2.05, 4.69) is 25.4 Å². The van der Waals surface area contributed by atoms with E-state index in [1.165, 1.54) is 14.2 Å². The minimum atomic E-state index is -1.21. The van der Waals surface area contributed by atoms with Crippen LogP contribution in [0, 0.1) is 0 Å². The number of methoxy groups -OCH3 is 2. The van der Waals surface area contributed by atoms with Gasteiger partial charge in [-0.15, -0.1) is 0 Å². The lowest BCUT2D eigenvalue weighted by Gasteiger charge is -2.24. The Hall–Kier alpha value is -0.910. The van der Waals surface area contributed by atoms with Crippen LogP contribution >= 0.6 is 15.9 Å². The molecular formula is C10H12BrFO4. The Balaban J connectivity index is 3.08. The minimum absolute atomic E-state index is 0.0672. The fraction of sp³-hybridized carbons (Fsp3) is 0.600. The van der Waals surface area contributed by atoms with Gasteiger partial charge < -0.3 is 9.47 Å². The van der Waals surface area contributed by atoms with Crippen LogP contribution in [0.15, 0.2) is 11.1 Å². The molecule has 0 fully saturated rings. The third-order valence-corrected chi connectivity index (χ3v) is 3.32. The van der Waals surface area contributed by atoms with Crippen LogP contribution in [0.5, 0.6) is 0 Å². The minimum Gasteiger partial charge on any atom is -0.466 e. The third kappa shape index (κ3) is 2.61. The van der Waals surface area contributed by atoms with Crippen LogP contribution in [0.25, 0.3) is 0 Å². The van der Waals surface area contributed by atoms with Crippen molar-refractivity contribution in [2.24, 2.45) is 0 Å². The molecule has 0 saturated carbocycles. The van der Waals surface area contributed by atoms with Gasteiger partial charge in [0.05, 0.1) is 24.6 Å². The summed E-state index contributed by atoms with van der Waals surface area (Å²) in [7, 11) is 2.41. The maximum atomic E-state index is 13.4. The fourth-order valence-electron chi connectivity index (χ4n) is 1.55. The molecule has 1 aliphatic rings. The molecular weight excluding hydrogens is 283 g/mol. The Morgan fingerprint density at radius 1 is 1.19 bits per heavy atom. The molecule has 90 valence electrons. The summed E-state index contributed by atoms with van der Waals surface area (Å²) in [5.74, 6) is -1.29. The zero-order valence-electron chi connectivity index (χ0n) is 8.96. The van der Waals surface area contributed by atoms with Crippen LogP contribution in [0.3, 0.4) is 0 Å². The van der Waals surface area contributed by atoms with E-state index in [0.29, 0.717) is 0 Å². The summed E-state index contributed by atoms with van der Waals surface area (Å²) in [4.78, 5) is 22.3. The Morgan fingerprint density at radius 2 is 1.62 bits per heavy atom. The Morgan fingerprint density at radius 3 is 2.06 bits per heavy atom. The first kappa shape index (κ1) is 13.2. The first-order valence-corrected chi connectivity index (χ1v) is 5.59. The standard InChI is InChI=1S/C10H12BrFO4/c1-15-9(13)5-3-7(11)8(12)4-6(5)10(14)16-2/h7-8H,3-4H2,1-2H3. The summed E-state index contributed by atoms with van der Waals surface area (Å²) in [5, 5.41) is 0. The van der Waals surface area contributed by atoms with Crippen LogP contribution < -0.4 is 0 Å². The van der Waals surface area contributed by atoms with E-state index in [4.69, 9.17) is 0 Å². The van der Waals surface area contributed by atoms with Crippen LogP contribution in [0.2, 0.25) is 0 Å². The van der Waals surface area contributed by atoms with Gasteiger partial charge in [-0.1, -0.05) is 15.9 Å². The Bertz CT molecular complexity index is 308. The second kappa shape index (κ2) is 5.43. The summed E-state index contributed by atoms with van der Waals surface area (Å²) >= 11 is 3.12. The second-order valence-corrected chi connectivity index (χ2v) is 4.56. The summed E-state index contributed by atoms with van der Waals surface area (Å²) in [6.45, 7) is 0. The predicted octanol–water partition coefficient (Wildman–Crippen LogP) is 1.52. The van der Waals surface area contributed by atoms with Gasteiger partial charge in [0.25, 0.3) is 0 Å². The van der Waals surface area contributed by atoms with Gasteiger partial charge in [0.1, 0.15) is 6.17 Å². The number of hydrogen-bond donors (Lipinski definition) is 0. The van der Waals surface area contributed by atoms with Crippen molar-refractivity contribution in [3.63, 3.8) is 0 Å². The molecule has 0 spiro atoms. The quantitative estimate of drug-likeness (QED) is 0.572. The molecule has 0 aliphatic heterocycles. The van der Waals surface area contributed by atoms with E-state index in [9.17, 15) is 14.0 Å². The number of hydrogen-bond acceptors (Lipinski definition) is 4. The van der Waals surface area contributed by atoms with Gasteiger partial charge in [-0.25, -0.2) is 14.0 Å². The Labute approximate surface area is 101 Å². The maximum Gasteiger partial charge on any atom is 0.334 e. The number of halogens is 2. The molecule has 0 heterocycles. The van der Waals surface area contributed by atoms with Crippen molar-refractivity contribution in [3.8, 4) is 0 Å². The topological polar surface area (TPSA) is 52.6 Å². The lowest BCUT2D eigenvalue weighted by Crippen LogP contribution is -2.29. The van der Waals surface area contributed by atoms with Gasteiger partial charge in [0.15, 0.2) is 0 Å². The highest BCUT2D eigenvalue weighted by Crippen LogP contribution is 2.33. The van der Waals surface area contributed by atoms with E-state index in [0.717, 1.165) is 0 Å². The van der Waals surface area contributed by atoms with Gasteiger partial charge in [0.2, 0.25) is 0 Å². The molecule has 0 aromatic carbocycles. The lowest BCUT2D eigenvalue weighted by atomic mass is 9.90. The van der Waals surface area contributed by atoms with Crippen molar-refractivity contribution in [3.05, 3.63) is 11.1 Å². The molecule has 0 N–H and O–H groups in total. The molecule has 1 rings (SSSR count). The average Bonchev–Trinajstić information content (AvgIpc) is 2.30. The SMILES string of the molecule is COC(=O)C1=C(C(=O)OC)CC(Br)C(F)C1. The number of ether oxygens (including phenoxy) is 2. The van der Waals surface area contributed by atoms with Crippen LogP contribution in [-0.2, 0) is 19.1 Å². The van der Waals surface area contributed by atoms with Crippen molar-refractivity contribution in [2.45, 2.75) is 23.8 Å². The van der Waals surface area contributed by atoms with Crippen molar-refractivity contribution in [1.82, 2.24) is 0 Å². The number of carbonyl (C=O) groups excluding carboxylic acids is 2. The first-order valence-electron chi connectivity index (χ1n) is 4.68. The van der Waals surface area contributed by atoms with Gasteiger partial charge in [0, 0.05) is 12.0 Å². The molecule has 0 radical (unpaired) electrons. The first-order chi connectivity index (χ1) is 7.51. The fourth-order valence-corrected chi connectivity index (χ4v) is 2.06. The molecule has 16 heavy (non-hydrogen) atoms. The zero-order valence-corrected chi connectivity index (χ0v) is 10.5. The van der Waals surface area contributed by atoms with Crippen LogP contribution in [-0.4, -0.2) is 37.2 Å². The number of rotatable bonds is 2. The largest absolute Gasteiger partial charge is 0.466 e. The van der Waals surface area contributed by atoms with Crippen molar-refractivity contribution >= 4 is 27.9 Å². The molecule has 4 nitrogen and oxygen atoms in total. The zero-order chi connectivity index (χ0) is 12.3. The van der Waals surface area contributed by atoms with Crippen molar-refractivity contribution in [1.29, 1.82) is 0 Å². The van der Waals surface area contributed by atoms with Crippen LogP contribution in [0.1, 0.15) is 12.8 Å². The molecule has 0 saturated heterocycles. The molecule has 0 amide bonds. The smallest absolute Gasteiger partial charge is 0.334 e. The van der Waals surface area contributed by atoms with E-state index in [-0.39, 0.29) is 24.0 Å². The summed E-state index contributed by atoms with van der Waals surface area (Å²) < 4.78 is 22.5. The average molecular weight is 295 g/mol. The molecule has 2 atom stereocenters. The molecule has 0 aromatic heterocycles. The number of esters is 2. The summed E-state index contributed by atoms with van der Waals surface area (Å²) in [6, 6.07) is 0. The van der Waals surface area contributed by atoms with Gasteiger partial charge in [-0.05, 0) is 6.42 Å². The third-order valence-electron chi connectivity index (χ3n) is 2.42. The van der Waals surface area contributed by atoms with E-state index in [1.807, 2.05) is 0 Å². The highest BCUT2D eigenvalue weighted by atomic mass is 79.9. The molecule has 0 bridgehead atoms. The van der Waals surface area contributed by atoms with Crippen LogP contribution in [0.4, 0.5) is 4.39 Å².